The lowest BCUT2D eigenvalue weighted by atomic mass is 10.1. The first kappa shape index (κ1) is 21.8. The molecule has 0 saturated heterocycles. The van der Waals surface area contributed by atoms with Crippen LogP contribution in [0.25, 0.3) is 11.1 Å². The number of ether oxygens (including phenoxy) is 1. The number of thiophene rings is 1. The van der Waals surface area contributed by atoms with Crippen LogP contribution < -0.4 is 5.32 Å². The highest BCUT2D eigenvalue weighted by molar-refractivity contribution is 7.12. The number of benzene rings is 2. The SMILES string of the molecule is Cc1ccc(-c2ccsc2C(=O)O[C@H](C)C(=O)N[C@H](C)CCc2ccccc2)cc1. The Morgan fingerprint density at radius 1 is 1.00 bits per heavy atom. The monoisotopic (exact) mass is 421 g/mol. The maximum absolute atomic E-state index is 12.7. The molecule has 0 unspecified atom stereocenters. The maximum Gasteiger partial charge on any atom is 0.349 e. The van der Waals surface area contributed by atoms with Crippen molar-refractivity contribution in [3.8, 4) is 11.1 Å². The van der Waals surface area contributed by atoms with Gasteiger partial charge < -0.3 is 10.1 Å². The maximum atomic E-state index is 12.7. The molecule has 30 heavy (non-hydrogen) atoms. The van der Waals surface area contributed by atoms with E-state index in [-0.39, 0.29) is 11.9 Å². The molecule has 0 bridgehead atoms. The highest BCUT2D eigenvalue weighted by Crippen LogP contribution is 2.29. The standard InChI is InChI=1S/C25H27NO3S/c1-17-9-13-21(14-10-17)22-15-16-30-23(22)25(28)29-19(3)24(27)26-18(2)11-12-20-7-5-4-6-8-20/h4-10,13-16,18-19H,11-12H2,1-3H3,(H,26,27)/t18-,19-/m1/s1. The molecule has 1 aromatic heterocycles. The van der Waals surface area contributed by atoms with Gasteiger partial charge in [0.15, 0.2) is 6.10 Å². The van der Waals surface area contributed by atoms with Crippen molar-refractivity contribution in [2.45, 2.75) is 45.8 Å². The fourth-order valence-electron chi connectivity index (χ4n) is 3.16. The molecule has 0 radical (unpaired) electrons. The van der Waals surface area contributed by atoms with Crippen molar-refractivity contribution < 1.29 is 14.3 Å². The molecule has 0 aliphatic rings. The van der Waals surface area contributed by atoms with Gasteiger partial charge in [0.25, 0.3) is 5.91 Å². The van der Waals surface area contributed by atoms with Gasteiger partial charge in [0.05, 0.1) is 0 Å². The Balaban J connectivity index is 1.54. The molecule has 0 saturated carbocycles. The molecule has 5 heteroatoms. The van der Waals surface area contributed by atoms with Gasteiger partial charge in [-0.25, -0.2) is 4.79 Å². The summed E-state index contributed by atoms with van der Waals surface area (Å²) in [4.78, 5) is 25.7. The van der Waals surface area contributed by atoms with Crippen LogP contribution in [0.4, 0.5) is 0 Å². The van der Waals surface area contributed by atoms with Gasteiger partial charge in [-0.3, -0.25) is 4.79 Å². The Bertz CT molecular complexity index is 979. The van der Waals surface area contributed by atoms with E-state index in [0.717, 1.165) is 29.5 Å². The summed E-state index contributed by atoms with van der Waals surface area (Å²) in [6, 6.07) is 20.0. The van der Waals surface area contributed by atoms with Crippen LogP contribution in [0.1, 0.15) is 41.1 Å². The van der Waals surface area contributed by atoms with Gasteiger partial charge in [0.2, 0.25) is 0 Å². The van der Waals surface area contributed by atoms with E-state index in [1.165, 1.54) is 16.9 Å². The molecule has 0 aliphatic carbocycles. The molecule has 0 fully saturated rings. The molecule has 0 aliphatic heterocycles. The van der Waals surface area contributed by atoms with E-state index in [1.807, 2.05) is 67.8 Å². The number of carbonyl (C=O) groups excluding carboxylic acids is 2. The van der Waals surface area contributed by atoms with Crippen molar-refractivity contribution in [3.63, 3.8) is 0 Å². The van der Waals surface area contributed by atoms with E-state index in [1.54, 1.807) is 6.92 Å². The lowest BCUT2D eigenvalue weighted by molar-refractivity contribution is -0.129. The number of nitrogens with one attached hydrogen (secondary N) is 1. The van der Waals surface area contributed by atoms with Crippen molar-refractivity contribution in [2.24, 2.45) is 0 Å². The summed E-state index contributed by atoms with van der Waals surface area (Å²) in [6.07, 6.45) is 0.842. The van der Waals surface area contributed by atoms with Crippen LogP contribution in [0.5, 0.6) is 0 Å². The molecule has 156 valence electrons. The summed E-state index contributed by atoms with van der Waals surface area (Å²) in [7, 11) is 0. The number of aryl methyl sites for hydroxylation is 2. The van der Waals surface area contributed by atoms with E-state index in [2.05, 4.69) is 17.4 Å². The molecular formula is C25H27NO3S. The molecule has 1 amide bonds. The van der Waals surface area contributed by atoms with Gasteiger partial charge in [0, 0.05) is 11.6 Å². The van der Waals surface area contributed by atoms with Crippen LogP contribution in [0.2, 0.25) is 0 Å². The zero-order valence-corrected chi connectivity index (χ0v) is 18.4. The summed E-state index contributed by atoms with van der Waals surface area (Å²) in [5.74, 6) is -0.752. The van der Waals surface area contributed by atoms with E-state index in [0.29, 0.717) is 4.88 Å². The number of hydrogen-bond acceptors (Lipinski definition) is 4. The molecule has 1 N–H and O–H groups in total. The Hall–Kier alpha value is -2.92. The topological polar surface area (TPSA) is 55.4 Å². The first-order valence-corrected chi connectivity index (χ1v) is 11.0. The van der Waals surface area contributed by atoms with Crippen LogP contribution >= 0.6 is 11.3 Å². The van der Waals surface area contributed by atoms with Gasteiger partial charge in [-0.2, -0.15) is 0 Å². The number of carbonyl (C=O) groups is 2. The fraction of sp³-hybridized carbons (Fsp3) is 0.280. The van der Waals surface area contributed by atoms with E-state index >= 15 is 0 Å². The third-order valence-corrected chi connectivity index (χ3v) is 5.86. The zero-order valence-electron chi connectivity index (χ0n) is 17.6. The van der Waals surface area contributed by atoms with Crippen molar-refractivity contribution in [2.75, 3.05) is 0 Å². The summed E-state index contributed by atoms with van der Waals surface area (Å²) in [6.45, 7) is 5.59. The Labute approximate surface area is 181 Å². The van der Waals surface area contributed by atoms with Crippen LogP contribution in [0.15, 0.2) is 66.0 Å². The van der Waals surface area contributed by atoms with Crippen LogP contribution in [-0.4, -0.2) is 24.0 Å². The van der Waals surface area contributed by atoms with Crippen LogP contribution in [-0.2, 0) is 16.0 Å². The van der Waals surface area contributed by atoms with Crippen molar-refractivity contribution in [1.29, 1.82) is 0 Å². The predicted molar refractivity (Wildman–Crippen MR) is 122 cm³/mol. The summed E-state index contributed by atoms with van der Waals surface area (Å²) in [5.41, 5.74) is 4.18. The van der Waals surface area contributed by atoms with Gasteiger partial charge in [-0.1, -0.05) is 60.2 Å². The second-order valence-electron chi connectivity index (χ2n) is 7.51. The second kappa shape index (κ2) is 10.2. The Morgan fingerprint density at radius 2 is 1.70 bits per heavy atom. The van der Waals surface area contributed by atoms with Gasteiger partial charge >= 0.3 is 5.97 Å². The van der Waals surface area contributed by atoms with Gasteiger partial charge in [-0.15, -0.1) is 11.3 Å². The summed E-state index contributed by atoms with van der Waals surface area (Å²) >= 11 is 1.32. The normalized spacial score (nSPS) is 12.8. The minimum atomic E-state index is -0.857. The first-order valence-electron chi connectivity index (χ1n) is 10.1. The molecule has 0 spiro atoms. The quantitative estimate of drug-likeness (QED) is 0.495. The van der Waals surface area contributed by atoms with Gasteiger partial charge in [0.1, 0.15) is 4.88 Å². The number of rotatable bonds is 8. The zero-order chi connectivity index (χ0) is 21.5. The summed E-state index contributed by atoms with van der Waals surface area (Å²) in [5, 5.41) is 4.80. The highest BCUT2D eigenvalue weighted by atomic mass is 32.1. The first-order chi connectivity index (χ1) is 14.4. The highest BCUT2D eigenvalue weighted by Gasteiger charge is 2.23. The number of amides is 1. The number of hydrogen-bond donors (Lipinski definition) is 1. The molecule has 2 aromatic carbocycles. The minimum Gasteiger partial charge on any atom is -0.448 e. The second-order valence-corrected chi connectivity index (χ2v) is 8.43. The van der Waals surface area contributed by atoms with Crippen molar-refractivity contribution >= 4 is 23.2 Å². The average molecular weight is 422 g/mol. The van der Waals surface area contributed by atoms with Crippen molar-refractivity contribution in [3.05, 3.63) is 82.0 Å². The lowest BCUT2D eigenvalue weighted by Gasteiger charge is -2.18. The Kier molecular flexibility index (Phi) is 7.41. The third kappa shape index (κ3) is 5.80. The molecule has 4 nitrogen and oxygen atoms in total. The Morgan fingerprint density at radius 3 is 2.40 bits per heavy atom. The lowest BCUT2D eigenvalue weighted by Crippen LogP contribution is -2.41. The van der Waals surface area contributed by atoms with Crippen LogP contribution in [0.3, 0.4) is 0 Å². The molecule has 1 heterocycles. The van der Waals surface area contributed by atoms with E-state index in [4.69, 9.17) is 4.74 Å². The van der Waals surface area contributed by atoms with Crippen LogP contribution in [0, 0.1) is 6.92 Å². The largest absolute Gasteiger partial charge is 0.448 e. The smallest absolute Gasteiger partial charge is 0.349 e. The predicted octanol–water partition coefficient (Wildman–Crippen LogP) is 5.41. The van der Waals surface area contributed by atoms with E-state index < -0.39 is 12.1 Å². The summed E-state index contributed by atoms with van der Waals surface area (Å²) < 4.78 is 5.47. The van der Waals surface area contributed by atoms with Crippen molar-refractivity contribution in [1.82, 2.24) is 5.32 Å². The number of esters is 1. The minimum absolute atomic E-state index is 0.0104. The third-order valence-electron chi connectivity index (χ3n) is 4.96. The van der Waals surface area contributed by atoms with Gasteiger partial charge in [-0.05, 0) is 56.2 Å². The molecule has 3 aromatic rings. The molecule has 2 atom stereocenters. The molecule has 3 rings (SSSR count). The average Bonchev–Trinajstić information content (AvgIpc) is 3.23. The van der Waals surface area contributed by atoms with E-state index in [9.17, 15) is 9.59 Å². The molecular weight excluding hydrogens is 394 g/mol. The fourth-order valence-corrected chi connectivity index (χ4v) is 3.95.